The lowest BCUT2D eigenvalue weighted by atomic mass is 10.0. The third-order valence-corrected chi connectivity index (χ3v) is 2.29. The molecule has 2 nitrogen and oxygen atoms in total. The van der Waals surface area contributed by atoms with Gasteiger partial charge in [-0.05, 0) is 24.5 Å². The molecule has 1 aliphatic rings. The van der Waals surface area contributed by atoms with Gasteiger partial charge in [-0.25, -0.2) is 0 Å². The standard InChI is InChI=1S/C9H12N2.2ClH/c10-8-4-2-1-3-7(8)9(11)5-6-9;;/h1-4H,5-6,10-11H2;2*1H. The molecule has 0 bridgehead atoms. The molecular weight excluding hydrogens is 207 g/mol. The molecule has 0 unspecified atom stereocenters. The second kappa shape index (κ2) is 4.18. The number of hydrogen-bond acceptors (Lipinski definition) is 2. The third kappa shape index (κ3) is 2.27. The summed E-state index contributed by atoms with van der Waals surface area (Å²) in [6.07, 6.45) is 2.14. The van der Waals surface area contributed by atoms with E-state index in [9.17, 15) is 0 Å². The van der Waals surface area contributed by atoms with Crippen molar-refractivity contribution < 1.29 is 0 Å². The SMILES string of the molecule is Cl.Cl.Nc1ccccc1C1(N)CC1. The fourth-order valence-electron chi connectivity index (χ4n) is 1.35. The van der Waals surface area contributed by atoms with Crippen molar-refractivity contribution in [1.29, 1.82) is 0 Å². The fraction of sp³-hybridized carbons (Fsp3) is 0.333. The smallest absolute Gasteiger partial charge is 0.0431 e. The van der Waals surface area contributed by atoms with E-state index in [1.165, 1.54) is 0 Å². The van der Waals surface area contributed by atoms with Crippen molar-refractivity contribution in [3.05, 3.63) is 29.8 Å². The van der Waals surface area contributed by atoms with Gasteiger partial charge in [0.2, 0.25) is 0 Å². The molecule has 0 aromatic heterocycles. The maximum atomic E-state index is 5.99. The Labute approximate surface area is 90.5 Å². The molecule has 13 heavy (non-hydrogen) atoms. The Kier molecular flexibility index (Phi) is 4.04. The van der Waals surface area contributed by atoms with E-state index >= 15 is 0 Å². The monoisotopic (exact) mass is 220 g/mol. The number of nitrogen functional groups attached to an aromatic ring is 1. The third-order valence-electron chi connectivity index (χ3n) is 2.29. The van der Waals surface area contributed by atoms with Gasteiger partial charge in [-0.15, -0.1) is 24.8 Å². The van der Waals surface area contributed by atoms with Gasteiger partial charge < -0.3 is 11.5 Å². The van der Waals surface area contributed by atoms with E-state index in [4.69, 9.17) is 11.5 Å². The van der Waals surface area contributed by atoms with Crippen molar-refractivity contribution in [3.63, 3.8) is 0 Å². The molecule has 0 saturated heterocycles. The number of hydrogen-bond donors (Lipinski definition) is 2. The largest absolute Gasteiger partial charge is 0.398 e. The van der Waals surface area contributed by atoms with Crippen molar-refractivity contribution in [1.82, 2.24) is 0 Å². The second-order valence-electron chi connectivity index (χ2n) is 3.24. The van der Waals surface area contributed by atoms with Crippen LogP contribution in [0.1, 0.15) is 18.4 Å². The highest BCUT2D eigenvalue weighted by Crippen LogP contribution is 2.44. The highest BCUT2D eigenvalue weighted by Gasteiger charge is 2.40. The molecule has 4 heteroatoms. The highest BCUT2D eigenvalue weighted by molar-refractivity contribution is 5.85. The summed E-state index contributed by atoms with van der Waals surface area (Å²) >= 11 is 0. The van der Waals surface area contributed by atoms with E-state index in [0.717, 1.165) is 24.1 Å². The van der Waals surface area contributed by atoms with E-state index in [1.807, 2.05) is 24.3 Å². The lowest BCUT2D eigenvalue weighted by Crippen LogP contribution is -2.20. The van der Waals surface area contributed by atoms with Crippen LogP contribution in [0.15, 0.2) is 24.3 Å². The number of benzene rings is 1. The lowest BCUT2D eigenvalue weighted by molar-refractivity contribution is 0.743. The average Bonchev–Trinajstić information content (AvgIpc) is 2.70. The van der Waals surface area contributed by atoms with Gasteiger partial charge in [-0.1, -0.05) is 18.2 Å². The van der Waals surface area contributed by atoms with Gasteiger partial charge in [0.15, 0.2) is 0 Å². The first-order valence-electron chi connectivity index (χ1n) is 3.86. The van der Waals surface area contributed by atoms with E-state index in [1.54, 1.807) is 0 Å². The van der Waals surface area contributed by atoms with Crippen LogP contribution in [0, 0.1) is 0 Å². The van der Waals surface area contributed by atoms with Crippen molar-refractivity contribution >= 4 is 30.5 Å². The first-order valence-corrected chi connectivity index (χ1v) is 3.86. The molecular formula is C9H14Cl2N2. The number of para-hydroxylation sites is 1. The molecule has 4 N–H and O–H groups in total. The van der Waals surface area contributed by atoms with Crippen molar-refractivity contribution in [3.8, 4) is 0 Å². The van der Waals surface area contributed by atoms with E-state index < -0.39 is 0 Å². The van der Waals surface area contributed by atoms with Crippen LogP contribution in [0.5, 0.6) is 0 Å². The van der Waals surface area contributed by atoms with Gasteiger partial charge in [0.25, 0.3) is 0 Å². The zero-order chi connectivity index (χ0) is 7.90. The average molecular weight is 221 g/mol. The second-order valence-corrected chi connectivity index (χ2v) is 3.24. The number of nitrogens with two attached hydrogens (primary N) is 2. The van der Waals surface area contributed by atoms with Crippen LogP contribution in [0.4, 0.5) is 5.69 Å². The Morgan fingerprint density at radius 1 is 1.08 bits per heavy atom. The molecule has 0 spiro atoms. The van der Waals surface area contributed by atoms with Crippen LogP contribution in [0.25, 0.3) is 0 Å². The van der Waals surface area contributed by atoms with Gasteiger partial charge >= 0.3 is 0 Å². The highest BCUT2D eigenvalue weighted by atomic mass is 35.5. The van der Waals surface area contributed by atoms with Crippen molar-refractivity contribution in [2.24, 2.45) is 5.73 Å². The van der Waals surface area contributed by atoms with Gasteiger partial charge in [-0.3, -0.25) is 0 Å². The Bertz CT molecular complexity index is 285. The molecule has 0 aliphatic heterocycles. The predicted molar refractivity (Wildman–Crippen MR) is 60.4 cm³/mol. The molecule has 1 aromatic carbocycles. The van der Waals surface area contributed by atoms with Gasteiger partial charge in [0.05, 0.1) is 0 Å². The van der Waals surface area contributed by atoms with Gasteiger partial charge in [-0.2, -0.15) is 0 Å². The van der Waals surface area contributed by atoms with E-state index in [0.29, 0.717) is 0 Å². The normalized spacial score (nSPS) is 16.7. The minimum Gasteiger partial charge on any atom is -0.398 e. The summed E-state index contributed by atoms with van der Waals surface area (Å²) in [7, 11) is 0. The minimum absolute atomic E-state index is 0. The molecule has 74 valence electrons. The van der Waals surface area contributed by atoms with E-state index in [-0.39, 0.29) is 30.4 Å². The van der Waals surface area contributed by atoms with E-state index in [2.05, 4.69) is 0 Å². The van der Waals surface area contributed by atoms with Crippen LogP contribution >= 0.6 is 24.8 Å². The maximum absolute atomic E-state index is 5.99. The summed E-state index contributed by atoms with van der Waals surface area (Å²) < 4.78 is 0. The Morgan fingerprint density at radius 2 is 1.62 bits per heavy atom. The summed E-state index contributed by atoms with van der Waals surface area (Å²) in [4.78, 5) is 0. The first-order chi connectivity index (χ1) is 5.22. The molecule has 0 radical (unpaired) electrons. The predicted octanol–water partition coefficient (Wildman–Crippen LogP) is 2.06. The van der Waals surface area contributed by atoms with Crippen LogP contribution < -0.4 is 11.5 Å². The molecule has 0 heterocycles. The molecule has 1 aliphatic carbocycles. The minimum atomic E-state index is -0.0919. The molecule has 1 fully saturated rings. The summed E-state index contributed by atoms with van der Waals surface area (Å²) in [5.74, 6) is 0. The van der Waals surface area contributed by atoms with Gasteiger partial charge in [0.1, 0.15) is 0 Å². The van der Waals surface area contributed by atoms with Crippen LogP contribution in [-0.2, 0) is 5.54 Å². The number of rotatable bonds is 1. The molecule has 1 saturated carbocycles. The summed E-state index contributed by atoms with van der Waals surface area (Å²) in [6, 6.07) is 7.84. The maximum Gasteiger partial charge on any atom is 0.0431 e. The Balaban J connectivity index is 0.000000720. The topological polar surface area (TPSA) is 52.0 Å². The van der Waals surface area contributed by atoms with Crippen molar-refractivity contribution in [2.45, 2.75) is 18.4 Å². The molecule has 0 atom stereocenters. The number of halogens is 2. The molecule has 0 amide bonds. The Hall–Kier alpha value is -0.440. The quantitative estimate of drug-likeness (QED) is 0.713. The summed E-state index contributed by atoms with van der Waals surface area (Å²) in [5.41, 5.74) is 13.6. The van der Waals surface area contributed by atoms with Gasteiger partial charge in [0, 0.05) is 11.2 Å². The first kappa shape index (κ1) is 12.6. The molecule has 1 aromatic rings. The Morgan fingerprint density at radius 3 is 2.08 bits per heavy atom. The lowest BCUT2D eigenvalue weighted by Gasteiger charge is -2.10. The van der Waals surface area contributed by atoms with Crippen LogP contribution in [0.3, 0.4) is 0 Å². The molecule has 2 rings (SSSR count). The summed E-state index contributed by atoms with van der Waals surface area (Å²) in [6.45, 7) is 0. The van der Waals surface area contributed by atoms with Crippen LogP contribution in [0.2, 0.25) is 0 Å². The fourth-order valence-corrected chi connectivity index (χ4v) is 1.35. The zero-order valence-corrected chi connectivity index (χ0v) is 8.83. The zero-order valence-electron chi connectivity index (χ0n) is 7.19. The van der Waals surface area contributed by atoms with Crippen molar-refractivity contribution in [2.75, 3.05) is 5.73 Å². The summed E-state index contributed by atoms with van der Waals surface area (Å²) in [5, 5.41) is 0. The van der Waals surface area contributed by atoms with Crippen LogP contribution in [-0.4, -0.2) is 0 Å². The number of anilines is 1.